The molecule has 0 radical (unpaired) electrons. The summed E-state index contributed by atoms with van der Waals surface area (Å²) < 4.78 is 18.3. The van der Waals surface area contributed by atoms with E-state index in [-0.39, 0.29) is 5.70 Å². The molecular formula is C26H22INO4. The molecule has 32 heavy (non-hydrogen) atoms. The number of halogens is 1. The molecule has 6 heteroatoms. The summed E-state index contributed by atoms with van der Waals surface area (Å²) in [6, 6.07) is 21.4. The molecule has 3 aromatic rings. The van der Waals surface area contributed by atoms with E-state index in [0.717, 1.165) is 25.8 Å². The smallest absolute Gasteiger partial charge is 0.363 e. The van der Waals surface area contributed by atoms with Crippen molar-refractivity contribution >= 4 is 40.5 Å². The second-order valence-corrected chi connectivity index (χ2v) is 8.45. The fourth-order valence-electron chi connectivity index (χ4n) is 3.28. The molecule has 1 heterocycles. The first-order chi connectivity index (χ1) is 15.5. The summed E-state index contributed by atoms with van der Waals surface area (Å²) >= 11 is 2.28. The van der Waals surface area contributed by atoms with Crippen molar-refractivity contribution in [1.29, 1.82) is 0 Å². The van der Waals surface area contributed by atoms with Gasteiger partial charge in [-0.2, -0.15) is 0 Å². The molecular weight excluding hydrogens is 517 g/mol. The third-order valence-corrected chi connectivity index (χ3v) is 5.52. The third-order valence-electron chi connectivity index (χ3n) is 4.85. The van der Waals surface area contributed by atoms with Crippen LogP contribution in [0.5, 0.6) is 11.5 Å². The van der Waals surface area contributed by atoms with Crippen LogP contribution in [0.1, 0.15) is 29.2 Å². The van der Waals surface area contributed by atoms with E-state index in [1.807, 2.05) is 74.5 Å². The molecule has 0 aliphatic carbocycles. The van der Waals surface area contributed by atoms with E-state index in [9.17, 15) is 4.79 Å². The molecule has 0 amide bonds. The van der Waals surface area contributed by atoms with Gasteiger partial charge in [-0.25, -0.2) is 9.79 Å². The molecule has 0 bridgehead atoms. The van der Waals surface area contributed by atoms with Gasteiger partial charge in [0.25, 0.3) is 0 Å². The summed E-state index contributed by atoms with van der Waals surface area (Å²) in [5, 5.41) is 0. The van der Waals surface area contributed by atoms with Gasteiger partial charge in [-0.15, -0.1) is 0 Å². The van der Waals surface area contributed by atoms with Gasteiger partial charge in [0.2, 0.25) is 5.90 Å². The minimum absolute atomic E-state index is 0.248. The van der Waals surface area contributed by atoms with Crippen LogP contribution in [0.2, 0.25) is 0 Å². The summed E-state index contributed by atoms with van der Waals surface area (Å²) in [4.78, 5) is 16.8. The van der Waals surface area contributed by atoms with Gasteiger partial charge in [-0.1, -0.05) is 36.4 Å². The predicted octanol–water partition coefficient (Wildman–Crippen LogP) is 5.92. The molecule has 0 saturated carbocycles. The van der Waals surface area contributed by atoms with Gasteiger partial charge < -0.3 is 14.2 Å². The highest BCUT2D eigenvalue weighted by molar-refractivity contribution is 14.1. The summed E-state index contributed by atoms with van der Waals surface area (Å²) in [5.74, 6) is 1.11. The maximum absolute atomic E-state index is 12.4. The highest BCUT2D eigenvalue weighted by Gasteiger charge is 2.25. The number of cyclic esters (lactones) is 1. The van der Waals surface area contributed by atoms with Crippen molar-refractivity contribution in [2.75, 3.05) is 6.61 Å². The zero-order valence-electron chi connectivity index (χ0n) is 17.8. The summed E-state index contributed by atoms with van der Waals surface area (Å²) in [7, 11) is 0. The van der Waals surface area contributed by atoms with Crippen molar-refractivity contribution in [2.24, 2.45) is 4.99 Å². The quantitative estimate of drug-likeness (QED) is 0.213. The SMILES string of the molecule is CCOc1cc(/C=C2\N=C(c3ccccc3C)OC2=O)ccc1OCc1cccc(I)c1. The minimum atomic E-state index is -0.472. The van der Waals surface area contributed by atoms with Crippen LogP contribution in [0.3, 0.4) is 0 Å². The number of nitrogens with zero attached hydrogens (tertiary/aromatic N) is 1. The van der Waals surface area contributed by atoms with E-state index in [0.29, 0.717) is 30.6 Å². The molecule has 0 saturated heterocycles. The Balaban J connectivity index is 1.57. The maximum atomic E-state index is 12.4. The van der Waals surface area contributed by atoms with Gasteiger partial charge in [0.15, 0.2) is 17.2 Å². The van der Waals surface area contributed by atoms with Crippen molar-refractivity contribution in [3.63, 3.8) is 0 Å². The first-order valence-corrected chi connectivity index (χ1v) is 11.3. The summed E-state index contributed by atoms with van der Waals surface area (Å²) in [6.45, 7) is 4.81. The van der Waals surface area contributed by atoms with Gasteiger partial charge in [0.05, 0.1) is 6.61 Å². The number of benzene rings is 3. The highest BCUT2D eigenvalue weighted by atomic mass is 127. The van der Waals surface area contributed by atoms with Crippen LogP contribution in [0.4, 0.5) is 0 Å². The number of rotatable bonds is 7. The minimum Gasteiger partial charge on any atom is -0.490 e. The van der Waals surface area contributed by atoms with E-state index in [1.165, 1.54) is 0 Å². The van der Waals surface area contributed by atoms with Crippen LogP contribution in [0.15, 0.2) is 77.4 Å². The van der Waals surface area contributed by atoms with Crippen molar-refractivity contribution in [1.82, 2.24) is 0 Å². The predicted molar refractivity (Wildman–Crippen MR) is 133 cm³/mol. The molecule has 0 atom stereocenters. The lowest BCUT2D eigenvalue weighted by Gasteiger charge is -2.13. The van der Waals surface area contributed by atoms with E-state index in [1.54, 1.807) is 6.08 Å². The summed E-state index contributed by atoms with van der Waals surface area (Å²) in [5.41, 5.74) is 3.90. The highest BCUT2D eigenvalue weighted by Crippen LogP contribution is 2.31. The van der Waals surface area contributed by atoms with Crippen LogP contribution in [0.25, 0.3) is 6.08 Å². The van der Waals surface area contributed by atoms with Gasteiger partial charge in [-0.05, 0) is 89.5 Å². The molecule has 0 unspecified atom stereocenters. The maximum Gasteiger partial charge on any atom is 0.363 e. The molecule has 162 valence electrons. The second kappa shape index (κ2) is 9.99. The van der Waals surface area contributed by atoms with E-state index in [2.05, 4.69) is 33.6 Å². The van der Waals surface area contributed by atoms with Crippen molar-refractivity contribution < 1.29 is 19.0 Å². The van der Waals surface area contributed by atoms with Gasteiger partial charge in [0.1, 0.15) is 6.61 Å². The van der Waals surface area contributed by atoms with E-state index in [4.69, 9.17) is 14.2 Å². The van der Waals surface area contributed by atoms with Crippen LogP contribution in [-0.4, -0.2) is 18.5 Å². The van der Waals surface area contributed by atoms with Crippen molar-refractivity contribution in [2.45, 2.75) is 20.5 Å². The lowest BCUT2D eigenvalue weighted by Crippen LogP contribution is -2.06. The number of hydrogen-bond acceptors (Lipinski definition) is 5. The number of aryl methyl sites for hydroxylation is 1. The topological polar surface area (TPSA) is 57.1 Å². The van der Waals surface area contributed by atoms with Crippen LogP contribution >= 0.6 is 22.6 Å². The first kappa shape index (κ1) is 22.1. The Labute approximate surface area is 200 Å². The number of hydrogen-bond donors (Lipinski definition) is 0. The number of ether oxygens (including phenoxy) is 3. The Morgan fingerprint density at radius 3 is 2.62 bits per heavy atom. The number of carbonyl (C=O) groups excluding carboxylic acids is 1. The average Bonchev–Trinajstić information content (AvgIpc) is 3.13. The molecule has 1 aliphatic rings. The van der Waals surface area contributed by atoms with E-state index >= 15 is 0 Å². The van der Waals surface area contributed by atoms with Gasteiger partial charge in [-0.3, -0.25) is 0 Å². The molecule has 0 N–H and O–H groups in total. The number of aliphatic imine (C=N–C) groups is 1. The summed E-state index contributed by atoms with van der Waals surface area (Å²) in [6.07, 6.45) is 1.69. The van der Waals surface area contributed by atoms with Crippen molar-refractivity contribution in [3.05, 3.63) is 98.3 Å². The third kappa shape index (κ3) is 5.19. The lowest BCUT2D eigenvalue weighted by molar-refractivity contribution is -0.129. The molecule has 0 fully saturated rings. The van der Waals surface area contributed by atoms with Crippen LogP contribution in [-0.2, 0) is 16.1 Å². The fourth-order valence-corrected chi connectivity index (χ4v) is 3.89. The van der Waals surface area contributed by atoms with Gasteiger partial charge >= 0.3 is 5.97 Å². The number of esters is 1. The molecule has 3 aromatic carbocycles. The Kier molecular flexibility index (Phi) is 6.90. The molecule has 0 aromatic heterocycles. The van der Waals surface area contributed by atoms with Crippen LogP contribution in [0, 0.1) is 10.5 Å². The molecule has 1 aliphatic heterocycles. The van der Waals surface area contributed by atoms with Gasteiger partial charge in [0, 0.05) is 9.13 Å². The molecule has 0 spiro atoms. The Bertz CT molecular complexity index is 1220. The first-order valence-electron chi connectivity index (χ1n) is 10.3. The zero-order valence-corrected chi connectivity index (χ0v) is 20.0. The van der Waals surface area contributed by atoms with E-state index < -0.39 is 5.97 Å². The zero-order chi connectivity index (χ0) is 22.5. The standard InChI is InChI=1S/C26H22INO4/c1-3-30-24-15-18(11-12-23(24)31-16-19-8-6-9-20(27)13-19)14-22-26(29)32-25(28-22)21-10-5-4-7-17(21)2/h4-15H,3,16H2,1-2H3/b22-14-. The molecule has 4 rings (SSSR count). The Hall–Kier alpha value is -3.13. The Morgan fingerprint density at radius 2 is 1.84 bits per heavy atom. The monoisotopic (exact) mass is 539 g/mol. The lowest BCUT2D eigenvalue weighted by atomic mass is 10.1. The van der Waals surface area contributed by atoms with Crippen molar-refractivity contribution in [3.8, 4) is 11.5 Å². The Morgan fingerprint density at radius 1 is 1.00 bits per heavy atom. The average molecular weight is 539 g/mol. The fraction of sp³-hybridized carbons (Fsp3) is 0.154. The normalized spacial score (nSPS) is 14.3. The molecule has 5 nitrogen and oxygen atoms in total. The van der Waals surface area contributed by atoms with Crippen LogP contribution < -0.4 is 9.47 Å². The largest absolute Gasteiger partial charge is 0.490 e. The number of carbonyl (C=O) groups is 1. The second-order valence-electron chi connectivity index (χ2n) is 7.21.